The number of phenols is 1. The molecule has 0 aliphatic carbocycles. The van der Waals surface area contributed by atoms with E-state index in [4.69, 9.17) is 19.6 Å². The molecule has 3 rings (SSSR count). The number of benzene rings is 2. The molecule has 4 heteroatoms. The second-order valence-electron chi connectivity index (χ2n) is 3.97. The summed E-state index contributed by atoms with van der Waals surface area (Å²) in [5.41, 5.74) is 0. The van der Waals surface area contributed by atoms with Crippen LogP contribution < -0.4 is 4.89 Å². The molecule has 1 aliphatic heterocycles. The second-order valence-corrected chi connectivity index (χ2v) is 3.97. The molecule has 1 aliphatic rings. The van der Waals surface area contributed by atoms with Gasteiger partial charge in [-0.1, -0.05) is 36.4 Å². The van der Waals surface area contributed by atoms with E-state index in [1.807, 2.05) is 36.4 Å². The SMILES string of the molecule is Oc1ccccc1.c1ccc(OOCC2CO2)cc1. The number of para-hydroxylation sites is 2. The van der Waals surface area contributed by atoms with Crippen LogP contribution in [0.1, 0.15) is 0 Å². The number of phenolic OH excluding ortho intramolecular Hbond substituents is 1. The van der Waals surface area contributed by atoms with Crippen LogP contribution in [0, 0.1) is 0 Å². The third-order valence-corrected chi connectivity index (χ3v) is 2.31. The number of rotatable bonds is 4. The van der Waals surface area contributed by atoms with Crippen LogP contribution in [0.15, 0.2) is 60.7 Å². The van der Waals surface area contributed by atoms with Gasteiger partial charge in [-0.3, -0.25) is 0 Å². The highest BCUT2D eigenvalue weighted by atomic mass is 17.2. The molecule has 100 valence electrons. The zero-order valence-corrected chi connectivity index (χ0v) is 10.4. The molecule has 1 unspecified atom stereocenters. The lowest BCUT2D eigenvalue weighted by molar-refractivity contribution is -0.209. The fourth-order valence-electron chi connectivity index (χ4n) is 1.25. The average molecular weight is 260 g/mol. The van der Waals surface area contributed by atoms with Crippen LogP contribution in [0.25, 0.3) is 0 Å². The zero-order chi connectivity index (χ0) is 13.3. The predicted octanol–water partition coefficient (Wildman–Crippen LogP) is 2.79. The van der Waals surface area contributed by atoms with Gasteiger partial charge in [0, 0.05) is 0 Å². The molecule has 0 saturated carbocycles. The van der Waals surface area contributed by atoms with E-state index in [1.54, 1.807) is 24.3 Å². The Labute approximate surface area is 112 Å². The van der Waals surface area contributed by atoms with E-state index in [0.29, 0.717) is 12.4 Å². The molecule has 2 aromatic carbocycles. The van der Waals surface area contributed by atoms with Crippen molar-refractivity contribution < 1.29 is 19.6 Å². The lowest BCUT2D eigenvalue weighted by atomic mass is 10.3. The first kappa shape index (κ1) is 13.4. The largest absolute Gasteiger partial charge is 0.508 e. The maximum Gasteiger partial charge on any atom is 0.165 e. The summed E-state index contributed by atoms with van der Waals surface area (Å²) in [5, 5.41) is 8.63. The zero-order valence-electron chi connectivity index (χ0n) is 10.4. The van der Waals surface area contributed by atoms with Gasteiger partial charge in [0.25, 0.3) is 0 Å². The first-order valence-corrected chi connectivity index (χ1v) is 6.05. The maximum atomic E-state index is 8.63. The summed E-state index contributed by atoms with van der Waals surface area (Å²) in [6.07, 6.45) is 0.244. The van der Waals surface area contributed by atoms with E-state index >= 15 is 0 Å². The molecular formula is C15H16O4. The lowest BCUT2D eigenvalue weighted by Gasteiger charge is -2.01. The molecule has 0 bridgehead atoms. The molecule has 19 heavy (non-hydrogen) atoms. The van der Waals surface area contributed by atoms with Gasteiger partial charge in [0.2, 0.25) is 0 Å². The third kappa shape index (κ3) is 5.90. The maximum absolute atomic E-state index is 8.63. The molecule has 1 N–H and O–H groups in total. The highest BCUT2D eigenvalue weighted by Gasteiger charge is 2.23. The van der Waals surface area contributed by atoms with Gasteiger partial charge < -0.3 is 14.7 Å². The molecule has 0 spiro atoms. The summed E-state index contributed by atoms with van der Waals surface area (Å²) in [5.74, 6) is 1.04. The van der Waals surface area contributed by atoms with Crippen molar-refractivity contribution in [2.45, 2.75) is 6.10 Å². The van der Waals surface area contributed by atoms with Crippen molar-refractivity contribution in [1.82, 2.24) is 0 Å². The summed E-state index contributed by atoms with van der Waals surface area (Å²) >= 11 is 0. The number of aromatic hydroxyl groups is 1. The van der Waals surface area contributed by atoms with E-state index in [0.717, 1.165) is 12.4 Å². The molecule has 2 aromatic rings. The van der Waals surface area contributed by atoms with Crippen LogP contribution in [0.3, 0.4) is 0 Å². The molecular weight excluding hydrogens is 244 g/mol. The van der Waals surface area contributed by atoms with Crippen LogP contribution in [-0.2, 0) is 9.62 Å². The summed E-state index contributed by atoms with van der Waals surface area (Å²) in [6.45, 7) is 1.30. The molecule has 0 amide bonds. The highest BCUT2D eigenvalue weighted by Crippen LogP contribution is 2.12. The van der Waals surface area contributed by atoms with Crippen molar-refractivity contribution in [3.05, 3.63) is 60.7 Å². The summed E-state index contributed by atoms with van der Waals surface area (Å²) in [6, 6.07) is 18.1. The minimum absolute atomic E-state index is 0.244. The van der Waals surface area contributed by atoms with Crippen LogP contribution in [0.4, 0.5) is 0 Å². The number of ether oxygens (including phenoxy) is 1. The first-order chi connectivity index (χ1) is 9.34. The Morgan fingerprint density at radius 3 is 2.05 bits per heavy atom. The van der Waals surface area contributed by atoms with Gasteiger partial charge in [-0.2, -0.15) is 4.89 Å². The number of hydrogen-bond acceptors (Lipinski definition) is 4. The van der Waals surface area contributed by atoms with Gasteiger partial charge in [0.05, 0.1) is 6.61 Å². The van der Waals surface area contributed by atoms with Gasteiger partial charge in [0.15, 0.2) is 5.75 Å². The summed E-state index contributed by atoms with van der Waals surface area (Å²) in [7, 11) is 0. The smallest absolute Gasteiger partial charge is 0.165 e. The Hall–Kier alpha value is -2.04. The second kappa shape index (κ2) is 7.41. The van der Waals surface area contributed by atoms with Gasteiger partial charge >= 0.3 is 0 Å². The van der Waals surface area contributed by atoms with Crippen molar-refractivity contribution in [2.24, 2.45) is 0 Å². The Morgan fingerprint density at radius 2 is 1.58 bits per heavy atom. The van der Waals surface area contributed by atoms with E-state index < -0.39 is 0 Å². The van der Waals surface area contributed by atoms with Gasteiger partial charge in [-0.15, -0.1) is 0 Å². The Kier molecular flexibility index (Phi) is 5.22. The van der Waals surface area contributed by atoms with Crippen molar-refractivity contribution in [1.29, 1.82) is 0 Å². The lowest BCUT2D eigenvalue weighted by Crippen LogP contribution is -2.04. The van der Waals surface area contributed by atoms with Crippen molar-refractivity contribution in [3.8, 4) is 11.5 Å². The van der Waals surface area contributed by atoms with Crippen LogP contribution in [0.2, 0.25) is 0 Å². The van der Waals surface area contributed by atoms with Gasteiger partial charge in [0.1, 0.15) is 18.5 Å². The van der Waals surface area contributed by atoms with E-state index in [2.05, 4.69) is 0 Å². The fourth-order valence-corrected chi connectivity index (χ4v) is 1.25. The van der Waals surface area contributed by atoms with Gasteiger partial charge in [-0.25, -0.2) is 0 Å². The Morgan fingerprint density at radius 1 is 1.00 bits per heavy atom. The topological polar surface area (TPSA) is 51.2 Å². The standard InChI is InChI=1S/C9H10O3.C6H6O/c1-2-4-8(5-3-1)12-11-7-9-6-10-9;7-6-4-2-1-3-5-6/h1-5,9H,6-7H2;1-5,7H. The normalized spacial score (nSPS) is 16.1. The summed E-state index contributed by atoms with van der Waals surface area (Å²) < 4.78 is 4.94. The predicted molar refractivity (Wildman–Crippen MR) is 70.9 cm³/mol. The Bertz CT molecular complexity index is 454. The van der Waals surface area contributed by atoms with Crippen molar-refractivity contribution in [2.75, 3.05) is 13.2 Å². The molecule has 1 heterocycles. The molecule has 0 radical (unpaired) electrons. The average Bonchev–Trinajstić information content (AvgIpc) is 3.26. The van der Waals surface area contributed by atoms with Gasteiger partial charge in [-0.05, 0) is 24.3 Å². The molecule has 1 saturated heterocycles. The van der Waals surface area contributed by atoms with E-state index in [9.17, 15) is 0 Å². The van der Waals surface area contributed by atoms with Crippen molar-refractivity contribution >= 4 is 0 Å². The first-order valence-electron chi connectivity index (χ1n) is 6.05. The number of hydrogen-bond donors (Lipinski definition) is 1. The monoisotopic (exact) mass is 260 g/mol. The molecule has 0 aromatic heterocycles. The summed E-state index contributed by atoms with van der Waals surface area (Å²) in [4.78, 5) is 9.90. The molecule has 1 atom stereocenters. The Balaban J connectivity index is 0.000000163. The number of epoxide rings is 1. The van der Waals surface area contributed by atoms with Crippen LogP contribution >= 0.6 is 0 Å². The highest BCUT2D eigenvalue weighted by molar-refractivity contribution is 5.20. The van der Waals surface area contributed by atoms with Crippen LogP contribution in [-0.4, -0.2) is 24.4 Å². The van der Waals surface area contributed by atoms with Crippen LogP contribution in [0.5, 0.6) is 11.5 Å². The molecule has 4 nitrogen and oxygen atoms in total. The minimum atomic E-state index is 0.244. The van der Waals surface area contributed by atoms with Crippen molar-refractivity contribution in [3.63, 3.8) is 0 Å². The van der Waals surface area contributed by atoms with E-state index in [1.165, 1.54) is 0 Å². The quantitative estimate of drug-likeness (QED) is 0.522. The fraction of sp³-hybridized carbons (Fsp3) is 0.200. The minimum Gasteiger partial charge on any atom is -0.508 e. The van der Waals surface area contributed by atoms with E-state index in [-0.39, 0.29) is 6.10 Å². The third-order valence-electron chi connectivity index (χ3n) is 2.31. The molecule has 1 fully saturated rings.